The van der Waals surface area contributed by atoms with Gasteiger partial charge in [-0.3, -0.25) is 4.79 Å². The minimum atomic E-state index is -0.554. The first kappa shape index (κ1) is 14.0. The summed E-state index contributed by atoms with van der Waals surface area (Å²) in [7, 11) is 1.32. The third kappa shape index (κ3) is 3.70. The summed E-state index contributed by atoms with van der Waals surface area (Å²) in [6, 6.07) is -0.638. The molecule has 0 aromatic heterocycles. The van der Waals surface area contributed by atoms with Crippen LogP contribution in [-0.4, -0.2) is 31.1 Å². The summed E-state index contributed by atoms with van der Waals surface area (Å²) in [5.41, 5.74) is 5.93. The van der Waals surface area contributed by atoms with Gasteiger partial charge >= 0.3 is 5.97 Å². The number of rotatable bonds is 4. The van der Waals surface area contributed by atoms with E-state index in [1.165, 1.54) is 7.11 Å². The van der Waals surface area contributed by atoms with Gasteiger partial charge in [0.15, 0.2) is 0 Å². The molecule has 1 rings (SSSR count). The van der Waals surface area contributed by atoms with E-state index in [1.54, 1.807) is 0 Å². The van der Waals surface area contributed by atoms with E-state index >= 15 is 0 Å². The zero-order chi connectivity index (χ0) is 12.8. The van der Waals surface area contributed by atoms with Gasteiger partial charge < -0.3 is 15.8 Å². The van der Waals surface area contributed by atoms with Crippen molar-refractivity contribution in [3.8, 4) is 0 Å². The summed E-state index contributed by atoms with van der Waals surface area (Å²) in [5, 5.41) is 2.72. The third-order valence-electron chi connectivity index (χ3n) is 3.37. The van der Waals surface area contributed by atoms with Crippen LogP contribution in [-0.2, 0) is 14.3 Å². The number of ether oxygens (including phenoxy) is 1. The lowest BCUT2D eigenvalue weighted by Crippen LogP contribution is -2.49. The Morgan fingerprint density at radius 1 is 1.41 bits per heavy atom. The van der Waals surface area contributed by atoms with Gasteiger partial charge in [0.2, 0.25) is 5.91 Å². The van der Waals surface area contributed by atoms with Crippen molar-refractivity contribution >= 4 is 11.9 Å². The van der Waals surface area contributed by atoms with Gasteiger partial charge in [0.25, 0.3) is 0 Å². The fraction of sp³-hybridized carbons (Fsp3) is 0.833. The molecule has 0 aromatic rings. The van der Waals surface area contributed by atoms with Crippen molar-refractivity contribution in [2.24, 2.45) is 11.7 Å². The Hall–Kier alpha value is -1.10. The Morgan fingerprint density at radius 3 is 2.59 bits per heavy atom. The molecule has 0 aliphatic heterocycles. The molecule has 0 saturated heterocycles. The number of hydrogen-bond donors (Lipinski definition) is 2. The molecular formula is C12H22N2O3. The fourth-order valence-corrected chi connectivity index (χ4v) is 2.23. The average molecular weight is 242 g/mol. The number of methoxy groups -OCH3 is 1. The fourth-order valence-electron chi connectivity index (χ4n) is 2.23. The average Bonchev–Trinajstić information content (AvgIpc) is 2.35. The van der Waals surface area contributed by atoms with Crippen LogP contribution in [0.4, 0.5) is 0 Å². The molecule has 1 amide bonds. The molecule has 3 atom stereocenters. The number of carbonyl (C=O) groups excluding carboxylic acids is 2. The van der Waals surface area contributed by atoms with Crippen LogP contribution in [0, 0.1) is 5.92 Å². The molecule has 1 aliphatic carbocycles. The number of nitrogens with two attached hydrogens (primary N) is 1. The van der Waals surface area contributed by atoms with Gasteiger partial charge in [-0.2, -0.15) is 0 Å². The molecular weight excluding hydrogens is 220 g/mol. The van der Waals surface area contributed by atoms with Crippen LogP contribution in [0.3, 0.4) is 0 Å². The van der Waals surface area contributed by atoms with Crippen molar-refractivity contribution in [2.45, 2.75) is 51.1 Å². The van der Waals surface area contributed by atoms with Crippen molar-refractivity contribution in [1.82, 2.24) is 5.32 Å². The highest BCUT2D eigenvalue weighted by atomic mass is 16.5. The second-order valence-corrected chi connectivity index (χ2v) is 4.55. The molecule has 98 valence electrons. The van der Waals surface area contributed by atoms with Crippen LogP contribution >= 0.6 is 0 Å². The maximum Gasteiger partial charge on any atom is 0.328 e. The molecule has 0 radical (unpaired) electrons. The molecule has 3 unspecified atom stereocenters. The highest BCUT2D eigenvalue weighted by Gasteiger charge is 2.30. The quantitative estimate of drug-likeness (QED) is 0.706. The van der Waals surface area contributed by atoms with Gasteiger partial charge in [0, 0.05) is 6.04 Å². The minimum absolute atomic E-state index is 0.0843. The third-order valence-corrected chi connectivity index (χ3v) is 3.37. The van der Waals surface area contributed by atoms with Gasteiger partial charge in [-0.05, 0) is 19.3 Å². The molecule has 5 heteroatoms. The summed E-state index contributed by atoms with van der Waals surface area (Å²) in [6.07, 6.45) is 4.33. The van der Waals surface area contributed by atoms with Gasteiger partial charge in [0.1, 0.15) is 6.04 Å². The topological polar surface area (TPSA) is 81.4 Å². The zero-order valence-corrected chi connectivity index (χ0v) is 10.6. The van der Waals surface area contributed by atoms with Crippen molar-refractivity contribution in [3.05, 3.63) is 0 Å². The van der Waals surface area contributed by atoms with Crippen LogP contribution in [0.25, 0.3) is 0 Å². The second-order valence-electron chi connectivity index (χ2n) is 4.55. The van der Waals surface area contributed by atoms with Crippen molar-refractivity contribution < 1.29 is 14.3 Å². The van der Waals surface area contributed by atoms with Gasteiger partial charge in [-0.25, -0.2) is 4.79 Å². The maximum absolute atomic E-state index is 12.0. The van der Waals surface area contributed by atoms with Crippen molar-refractivity contribution in [3.63, 3.8) is 0 Å². The summed E-state index contributed by atoms with van der Waals surface area (Å²) in [5.74, 6) is -0.679. The second kappa shape index (κ2) is 6.59. The summed E-state index contributed by atoms with van der Waals surface area (Å²) in [4.78, 5) is 23.4. The van der Waals surface area contributed by atoms with E-state index in [2.05, 4.69) is 10.1 Å². The highest BCUT2D eigenvalue weighted by Crippen LogP contribution is 2.23. The number of hydrogen-bond acceptors (Lipinski definition) is 4. The molecule has 3 N–H and O–H groups in total. The van der Waals surface area contributed by atoms with E-state index < -0.39 is 12.0 Å². The summed E-state index contributed by atoms with van der Waals surface area (Å²) in [6.45, 7) is 1.84. The lowest BCUT2D eigenvalue weighted by Gasteiger charge is -2.28. The molecule has 1 saturated carbocycles. The largest absolute Gasteiger partial charge is 0.467 e. The van der Waals surface area contributed by atoms with E-state index in [0.29, 0.717) is 6.42 Å². The standard InChI is InChI=1S/C12H22N2O3/c1-3-10(12(16)17-2)14-11(15)8-6-4-5-7-9(8)13/h8-10H,3-7,13H2,1-2H3,(H,14,15). The molecule has 5 nitrogen and oxygen atoms in total. The number of amides is 1. The number of nitrogens with one attached hydrogen (secondary N) is 1. The predicted molar refractivity (Wildman–Crippen MR) is 64.2 cm³/mol. The highest BCUT2D eigenvalue weighted by molar-refractivity contribution is 5.86. The van der Waals surface area contributed by atoms with Crippen LogP contribution in [0.15, 0.2) is 0 Å². The smallest absolute Gasteiger partial charge is 0.328 e. The van der Waals surface area contributed by atoms with Crippen molar-refractivity contribution in [1.29, 1.82) is 0 Å². The molecule has 0 heterocycles. The van der Waals surface area contributed by atoms with Gasteiger partial charge in [-0.1, -0.05) is 19.8 Å². The Bertz CT molecular complexity index is 281. The van der Waals surface area contributed by atoms with Crippen LogP contribution in [0.5, 0.6) is 0 Å². The molecule has 1 fully saturated rings. The van der Waals surface area contributed by atoms with E-state index in [9.17, 15) is 9.59 Å². The minimum Gasteiger partial charge on any atom is -0.467 e. The van der Waals surface area contributed by atoms with Crippen LogP contribution in [0.2, 0.25) is 0 Å². The lowest BCUT2D eigenvalue weighted by molar-refractivity contribution is -0.145. The maximum atomic E-state index is 12.0. The summed E-state index contributed by atoms with van der Waals surface area (Å²) < 4.78 is 4.63. The Labute approximate surface area is 102 Å². The number of carbonyl (C=O) groups is 2. The van der Waals surface area contributed by atoms with E-state index in [-0.39, 0.29) is 17.9 Å². The molecule has 17 heavy (non-hydrogen) atoms. The normalized spacial score (nSPS) is 26.1. The number of esters is 1. The Kier molecular flexibility index (Phi) is 5.41. The first-order valence-corrected chi connectivity index (χ1v) is 6.24. The van der Waals surface area contributed by atoms with Crippen LogP contribution < -0.4 is 11.1 Å². The first-order chi connectivity index (χ1) is 8.10. The molecule has 1 aliphatic rings. The Morgan fingerprint density at radius 2 is 2.06 bits per heavy atom. The van der Waals surface area contributed by atoms with E-state index in [1.807, 2.05) is 6.92 Å². The molecule has 0 bridgehead atoms. The SMILES string of the molecule is CCC(NC(=O)C1CCCCC1N)C(=O)OC. The van der Waals surface area contributed by atoms with Gasteiger partial charge in [-0.15, -0.1) is 0 Å². The predicted octanol–water partition coefficient (Wildman–Crippen LogP) is 0.572. The molecule has 0 aromatic carbocycles. The Balaban J connectivity index is 2.54. The molecule has 0 spiro atoms. The van der Waals surface area contributed by atoms with E-state index in [4.69, 9.17) is 5.73 Å². The zero-order valence-electron chi connectivity index (χ0n) is 10.6. The van der Waals surface area contributed by atoms with Gasteiger partial charge in [0.05, 0.1) is 13.0 Å². The first-order valence-electron chi connectivity index (χ1n) is 6.24. The van der Waals surface area contributed by atoms with Crippen molar-refractivity contribution in [2.75, 3.05) is 7.11 Å². The monoisotopic (exact) mass is 242 g/mol. The summed E-state index contributed by atoms with van der Waals surface area (Å²) >= 11 is 0. The lowest BCUT2D eigenvalue weighted by atomic mass is 9.84. The van der Waals surface area contributed by atoms with E-state index in [0.717, 1.165) is 25.7 Å². The van der Waals surface area contributed by atoms with Crippen LogP contribution in [0.1, 0.15) is 39.0 Å².